The zero-order valence-electron chi connectivity index (χ0n) is 12.0. The van der Waals surface area contributed by atoms with E-state index in [0.29, 0.717) is 29.3 Å². The lowest BCUT2D eigenvalue weighted by Gasteiger charge is -2.08. The van der Waals surface area contributed by atoms with Gasteiger partial charge in [-0.2, -0.15) is 9.97 Å². The lowest BCUT2D eigenvalue weighted by Crippen LogP contribution is -2.04. The van der Waals surface area contributed by atoms with Gasteiger partial charge < -0.3 is 15.6 Å². The lowest BCUT2D eigenvalue weighted by molar-refractivity contribution is 0.282. The van der Waals surface area contributed by atoms with Crippen LogP contribution in [0.25, 0.3) is 22.4 Å². The monoisotopic (exact) mass is 297 g/mol. The van der Waals surface area contributed by atoms with Gasteiger partial charge in [0, 0.05) is 5.56 Å². The number of fused-ring (bicyclic) bond motifs is 1. The van der Waals surface area contributed by atoms with Crippen molar-refractivity contribution in [1.29, 1.82) is 0 Å². The molecule has 7 nitrogen and oxygen atoms in total. The van der Waals surface area contributed by atoms with E-state index in [0.717, 1.165) is 11.1 Å². The third kappa shape index (κ3) is 2.66. The standard InChI is InChI=1S/C15H15N5O2/c1-2-22-14-12-13(19-15(16)20-14)17-7-11(18-12)10-5-3-4-9(6-10)8-21/h3-7,21H,2,8H2,1H3,(H2,16,17,19,20). The molecule has 0 amide bonds. The van der Waals surface area contributed by atoms with E-state index in [1.54, 1.807) is 6.20 Å². The highest BCUT2D eigenvalue weighted by molar-refractivity contribution is 5.79. The largest absolute Gasteiger partial charge is 0.476 e. The average molecular weight is 297 g/mol. The number of hydrogen-bond donors (Lipinski definition) is 2. The smallest absolute Gasteiger partial charge is 0.247 e. The Hall–Kier alpha value is -2.80. The summed E-state index contributed by atoms with van der Waals surface area (Å²) in [5.74, 6) is 0.415. The number of anilines is 1. The number of aliphatic hydroxyl groups excluding tert-OH is 1. The summed E-state index contributed by atoms with van der Waals surface area (Å²) in [6.07, 6.45) is 1.61. The summed E-state index contributed by atoms with van der Waals surface area (Å²) >= 11 is 0. The van der Waals surface area contributed by atoms with Crippen LogP contribution in [0.5, 0.6) is 5.88 Å². The Morgan fingerprint density at radius 2 is 2.09 bits per heavy atom. The van der Waals surface area contributed by atoms with Gasteiger partial charge in [0.2, 0.25) is 11.8 Å². The van der Waals surface area contributed by atoms with Gasteiger partial charge in [-0.25, -0.2) is 9.97 Å². The minimum atomic E-state index is -0.0291. The summed E-state index contributed by atoms with van der Waals surface area (Å²) in [5, 5.41) is 9.24. The molecule has 0 saturated carbocycles. The van der Waals surface area contributed by atoms with Gasteiger partial charge in [0.1, 0.15) is 0 Å². The molecule has 3 aromatic rings. The molecule has 3 rings (SSSR count). The molecule has 3 N–H and O–H groups in total. The lowest BCUT2D eigenvalue weighted by atomic mass is 10.1. The van der Waals surface area contributed by atoms with Crippen LogP contribution in [0, 0.1) is 0 Å². The molecular weight excluding hydrogens is 282 g/mol. The molecular formula is C15H15N5O2. The summed E-state index contributed by atoms with van der Waals surface area (Å²) < 4.78 is 5.46. The first-order chi connectivity index (χ1) is 10.7. The van der Waals surface area contributed by atoms with Gasteiger partial charge in [-0.15, -0.1) is 0 Å². The van der Waals surface area contributed by atoms with Crippen LogP contribution in [0.4, 0.5) is 5.95 Å². The number of nitrogen functional groups attached to an aromatic ring is 1. The average Bonchev–Trinajstić information content (AvgIpc) is 2.55. The molecule has 1 aromatic carbocycles. The molecule has 0 atom stereocenters. The predicted octanol–water partition coefficient (Wildman–Crippen LogP) is 1.56. The molecule has 2 aromatic heterocycles. The van der Waals surface area contributed by atoms with Crippen LogP contribution in [-0.2, 0) is 6.61 Å². The van der Waals surface area contributed by atoms with Crippen molar-refractivity contribution in [2.45, 2.75) is 13.5 Å². The maximum Gasteiger partial charge on any atom is 0.247 e. The second-order valence-electron chi connectivity index (χ2n) is 4.61. The normalized spacial score (nSPS) is 10.8. The third-order valence-electron chi connectivity index (χ3n) is 3.08. The molecule has 0 bridgehead atoms. The highest BCUT2D eigenvalue weighted by Gasteiger charge is 2.12. The Morgan fingerprint density at radius 3 is 2.86 bits per heavy atom. The second-order valence-corrected chi connectivity index (χ2v) is 4.61. The number of nitrogens with two attached hydrogens (primary N) is 1. The number of hydrogen-bond acceptors (Lipinski definition) is 7. The summed E-state index contributed by atoms with van der Waals surface area (Å²) in [6.45, 7) is 2.27. The van der Waals surface area contributed by atoms with Crippen LogP contribution >= 0.6 is 0 Å². The van der Waals surface area contributed by atoms with E-state index in [1.165, 1.54) is 0 Å². The van der Waals surface area contributed by atoms with E-state index in [2.05, 4.69) is 19.9 Å². The predicted molar refractivity (Wildman–Crippen MR) is 82.1 cm³/mol. The van der Waals surface area contributed by atoms with Crippen molar-refractivity contribution in [2.24, 2.45) is 0 Å². The van der Waals surface area contributed by atoms with Gasteiger partial charge >= 0.3 is 0 Å². The van der Waals surface area contributed by atoms with Crippen LogP contribution < -0.4 is 10.5 Å². The van der Waals surface area contributed by atoms with Crippen molar-refractivity contribution in [3.63, 3.8) is 0 Å². The summed E-state index contributed by atoms with van der Waals surface area (Å²) in [6, 6.07) is 7.45. The quantitative estimate of drug-likeness (QED) is 0.752. The van der Waals surface area contributed by atoms with E-state index >= 15 is 0 Å². The Labute approximate surface area is 126 Å². The number of nitrogens with zero attached hydrogens (tertiary/aromatic N) is 4. The Morgan fingerprint density at radius 1 is 1.23 bits per heavy atom. The molecule has 0 saturated heterocycles. The van der Waals surface area contributed by atoms with Gasteiger partial charge in [-0.1, -0.05) is 18.2 Å². The van der Waals surface area contributed by atoms with Crippen LogP contribution in [-0.4, -0.2) is 31.6 Å². The molecule has 0 radical (unpaired) electrons. The number of ether oxygens (including phenoxy) is 1. The number of aromatic nitrogens is 4. The van der Waals surface area contributed by atoms with Gasteiger partial charge in [0.05, 0.1) is 25.1 Å². The maximum absolute atomic E-state index is 9.24. The van der Waals surface area contributed by atoms with E-state index in [4.69, 9.17) is 10.5 Å². The fourth-order valence-corrected chi connectivity index (χ4v) is 2.10. The molecule has 112 valence electrons. The molecule has 7 heteroatoms. The highest BCUT2D eigenvalue weighted by Crippen LogP contribution is 2.24. The van der Waals surface area contributed by atoms with Crippen LogP contribution in [0.2, 0.25) is 0 Å². The van der Waals surface area contributed by atoms with E-state index in [1.807, 2.05) is 31.2 Å². The fraction of sp³-hybridized carbons (Fsp3) is 0.200. The van der Waals surface area contributed by atoms with Crippen molar-refractivity contribution in [2.75, 3.05) is 12.3 Å². The Kier molecular flexibility index (Phi) is 3.80. The summed E-state index contributed by atoms with van der Waals surface area (Å²) in [4.78, 5) is 16.9. The summed E-state index contributed by atoms with van der Waals surface area (Å²) in [7, 11) is 0. The molecule has 2 heterocycles. The van der Waals surface area contributed by atoms with Crippen molar-refractivity contribution < 1.29 is 9.84 Å². The topological polar surface area (TPSA) is 107 Å². The zero-order chi connectivity index (χ0) is 15.5. The fourth-order valence-electron chi connectivity index (χ4n) is 2.10. The Balaban J connectivity index is 2.15. The van der Waals surface area contributed by atoms with Crippen molar-refractivity contribution in [3.8, 4) is 17.1 Å². The molecule has 22 heavy (non-hydrogen) atoms. The van der Waals surface area contributed by atoms with E-state index in [-0.39, 0.29) is 12.6 Å². The van der Waals surface area contributed by atoms with Crippen molar-refractivity contribution >= 4 is 17.1 Å². The van der Waals surface area contributed by atoms with E-state index in [9.17, 15) is 5.11 Å². The zero-order valence-corrected chi connectivity index (χ0v) is 12.0. The van der Waals surface area contributed by atoms with Gasteiger partial charge in [-0.05, 0) is 18.6 Å². The maximum atomic E-state index is 9.24. The van der Waals surface area contributed by atoms with Crippen molar-refractivity contribution in [1.82, 2.24) is 19.9 Å². The minimum absolute atomic E-state index is 0.0291. The van der Waals surface area contributed by atoms with Crippen molar-refractivity contribution in [3.05, 3.63) is 36.0 Å². The minimum Gasteiger partial charge on any atom is -0.476 e. The third-order valence-corrected chi connectivity index (χ3v) is 3.08. The molecule has 0 spiro atoms. The number of aliphatic hydroxyl groups is 1. The van der Waals surface area contributed by atoms with Crippen LogP contribution in [0.3, 0.4) is 0 Å². The molecule has 0 aliphatic carbocycles. The Bertz CT molecular complexity index is 822. The van der Waals surface area contributed by atoms with Crippen LogP contribution in [0.15, 0.2) is 30.5 Å². The molecule has 0 unspecified atom stereocenters. The first-order valence-electron chi connectivity index (χ1n) is 6.84. The van der Waals surface area contributed by atoms with E-state index < -0.39 is 0 Å². The summed E-state index contributed by atoms with van der Waals surface area (Å²) in [5.41, 5.74) is 8.79. The van der Waals surface area contributed by atoms with Gasteiger partial charge in [-0.3, -0.25) is 0 Å². The van der Waals surface area contributed by atoms with Gasteiger partial charge in [0.15, 0.2) is 11.2 Å². The van der Waals surface area contributed by atoms with Crippen LogP contribution in [0.1, 0.15) is 12.5 Å². The number of benzene rings is 1. The van der Waals surface area contributed by atoms with Gasteiger partial charge in [0.25, 0.3) is 0 Å². The first kappa shape index (κ1) is 14.2. The molecule has 0 aliphatic rings. The molecule has 0 fully saturated rings. The first-order valence-corrected chi connectivity index (χ1v) is 6.84. The SMILES string of the molecule is CCOc1nc(N)nc2ncc(-c3cccc(CO)c3)nc12. The number of rotatable bonds is 4. The molecule has 0 aliphatic heterocycles. The highest BCUT2D eigenvalue weighted by atomic mass is 16.5. The second kappa shape index (κ2) is 5.90.